The normalized spacial score (nSPS) is 10.4. The van der Waals surface area contributed by atoms with E-state index in [-0.39, 0.29) is 18.4 Å². The van der Waals surface area contributed by atoms with Crippen molar-refractivity contribution < 1.29 is 9.59 Å². The minimum atomic E-state index is -0.354. The van der Waals surface area contributed by atoms with Crippen LogP contribution in [0.3, 0.4) is 0 Å². The van der Waals surface area contributed by atoms with Crippen LogP contribution >= 0.6 is 23.2 Å². The van der Waals surface area contributed by atoms with Gasteiger partial charge in [-0.1, -0.05) is 29.3 Å². The summed E-state index contributed by atoms with van der Waals surface area (Å²) in [6, 6.07) is 10.4. The second-order valence-corrected chi connectivity index (χ2v) is 6.39. The Labute approximate surface area is 151 Å². The Morgan fingerprint density at radius 1 is 1.04 bits per heavy atom. The molecule has 0 radical (unpaired) electrons. The average molecular weight is 365 g/mol. The molecule has 0 bridgehead atoms. The minimum absolute atomic E-state index is 0.110. The average Bonchev–Trinajstić information content (AvgIpc) is 2.51. The highest BCUT2D eigenvalue weighted by atomic mass is 35.5. The fraction of sp³-hybridized carbons (Fsp3) is 0.222. The van der Waals surface area contributed by atoms with Gasteiger partial charge in [0, 0.05) is 17.6 Å². The number of aryl methyl sites for hydroxylation is 2. The van der Waals surface area contributed by atoms with Crippen molar-refractivity contribution in [3.05, 3.63) is 57.6 Å². The van der Waals surface area contributed by atoms with Crippen molar-refractivity contribution in [1.29, 1.82) is 0 Å². The maximum absolute atomic E-state index is 12.3. The first-order chi connectivity index (χ1) is 11.3. The van der Waals surface area contributed by atoms with Gasteiger partial charge in [-0.2, -0.15) is 0 Å². The summed E-state index contributed by atoms with van der Waals surface area (Å²) in [5, 5.41) is 3.53. The third-order valence-electron chi connectivity index (χ3n) is 3.69. The molecule has 2 rings (SSSR count). The van der Waals surface area contributed by atoms with Gasteiger partial charge in [0.05, 0.1) is 10.7 Å². The van der Waals surface area contributed by atoms with Gasteiger partial charge in [0.15, 0.2) is 0 Å². The molecular weight excluding hydrogens is 347 g/mol. The van der Waals surface area contributed by atoms with Crippen molar-refractivity contribution in [1.82, 2.24) is 0 Å². The van der Waals surface area contributed by atoms with E-state index in [0.29, 0.717) is 21.4 Å². The lowest BCUT2D eigenvalue weighted by molar-refractivity contribution is -0.120. The molecule has 2 aromatic carbocycles. The molecule has 0 aliphatic rings. The molecule has 4 nitrogen and oxygen atoms in total. The summed E-state index contributed by atoms with van der Waals surface area (Å²) >= 11 is 12.0. The fourth-order valence-corrected chi connectivity index (χ4v) is 2.54. The molecule has 0 unspecified atom stereocenters. The topological polar surface area (TPSA) is 49.4 Å². The number of nitrogens with zero attached hydrogens (tertiary/aromatic N) is 1. The van der Waals surface area contributed by atoms with Crippen molar-refractivity contribution in [2.24, 2.45) is 0 Å². The van der Waals surface area contributed by atoms with Crippen LogP contribution in [0.25, 0.3) is 0 Å². The monoisotopic (exact) mass is 364 g/mol. The molecule has 0 atom stereocenters. The van der Waals surface area contributed by atoms with Gasteiger partial charge >= 0.3 is 0 Å². The van der Waals surface area contributed by atoms with Gasteiger partial charge in [-0.05, 0) is 55.3 Å². The number of carbonyl (C=O) groups is 2. The van der Waals surface area contributed by atoms with E-state index in [1.807, 2.05) is 32.0 Å². The zero-order valence-electron chi connectivity index (χ0n) is 13.7. The summed E-state index contributed by atoms with van der Waals surface area (Å²) < 4.78 is 0. The van der Waals surface area contributed by atoms with E-state index in [2.05, 4.69) is 5.32 Å². The van der Waals surface area contributed by atoms with Crippen LogP contribution in [0.1, 0.15) is 18.1 Å². The lowest BCUT2D eigenvalue weighted by Gasteiger charge is -2.22. The minimum Gasteiger partial charge on any atom is -0.323 e. The number of hydrogen-bond donors (Lipinski definition) is 1. The Morgan fingerprint density at radius 3 is 2.38 bits per heavy atom. The van der Waals surface area contributed by atoms with Gasteiger partial charge in [0.25, 0.3) is 0 Å². The van der Waals surface area contributed by atoms with E-state index in [9.17, 15) is 9.59 Å². The van der Waals surface area contributed by atoms with Gasteiger partial charge in [0.1, 0.15) is 6.54 Å². The smallest absolute Gasteiger partial charge is 0.244 e. The van der Waals surface area contributed by atoms with Crippen LogP contribution in [0.15, 0.2) is 36.4 Å². The number of halogens is 2. The number of benzene rings is 2. The Kier molecular flexibility index (Phi) is 5.86. The second-order valence-electron chi connectivity index (χ2n) is 5.55. The van der Waals surface area contributed by atoms with Gasteiger partial charge in [-0.3, -0.25) is 9.59 Å². The van der Waals surface area contributed by atoms with Gasteiger partial charge < -0.3 is 10.2 Å². The van der Waals surface area contributed by atoms with Crippen molar-refractivity contribution in [2.75, 3.05) is 16.8 Å². The number of nitrogens with one attached hydrogen (secondary N) is 1. The third kappa shape index (κ3) is 4.49. The first-order valence-electron chi connectivity index (χ1n) is 7.38. The second kappa shape index (κ2) is 7.69. The van der Waals surface area contributed by atoms with E-state index in [4.69, 9.17) is 23.2 Å². The summed E-state index contributed by atoms with van der Waals surface area (Å²) in [6.45, 7) is 5.27. The lowest BCUT2D eigenvalue weighted by Crippen LogP contribution is -2.36. The van der Waals surface area contributed by atoms with Gasteiger partial charge in [-0.15, -0.1) is 0 Å². The first-order valence-corrected chi connectivity index (χ1v) is 8.14. The molecule has 0 aliphatic carbocycles. The van der Waals surface area contributed by atoms with E-state index in [1.165, 1.54) is 11.8 Å². The highest BCUT2D eigenvalue weighted by Crippen LogP contribution is 2.25. The standard InChI is InChI=1S/C18H18Cl2N2O2/c1-11-4-6-15(8-12(11)2)22(13(3)23)10-18(24)21-17-9-14(19)5-7-16(17)20/h4-9H,10H2,1-3H3,(H,21,24). The van der Waals surface area contributed by atoms with Crippen LogP contribution in [0.4, 0.5) is 11.4 Å². The molecule has 0 fully saturated rings. The molecule has 24 heavy (non-hydrogen) atoms. The molecule has 126 valence electrons. The fourth-order valence-electron chi connectivity index (χ4n) is 2.20. The molecule has 1 N–H and O–H groups in total. The Balaban J connectivity index is 2.18. The summed E-state index contributed by atoms with van der Waals surface area (Å²) in [7, 11) is 0. The molecule has 0 heterocycles. The van der Waals surface area contributed by atoms with Gasteiger partial charge in [0.2, 0.25) is 11.8 Å². The van der Waals surface area contributed by atoms with E-state index in [1.54, 1.807) is 18.2 Å². The van der Waals surface area contributed by atoms with E-state index >= 15 is 0 Å². The van der Waals surface area contributed by atoms with Gasteiger partial charge in [-0.25, -0.2) is 0 Å². The molecule has 0 saturated carbocycles. The summed E-state index contributed by atoms with van der Waals surface area (Å²) in [5.41, 5.74) is 3.27. The molecule has 0 aromatic heterocycles. The zero-order valence-corrected chi connectivity index (χ0v) is 15.2. The van der Waals surface area contributed by atoms with Crippen LogP contribution in [0.2, 0.25) is 10.0 Å². The molecule has 0 spiro atoms. The predicted octanol–water partition coefficient (Wildman–Crippen LogP) is 4.60. The molecule has 0 aliphatic heterocycles. The third-order valence-corrected chi connectivity index (χ3v) is 4.25. The summed E-state index contributed by atoms with van der Waals surface area (Å²) in [5.74, 6) is -0.571. The van der Waals surface area contributed by atoms with Crippen molar-refractivity contribution in [3.63, 3.8) is 0 Å². The largest absolute Gasteiger partial charge is 0.323 e. The quantitative estimate of drug-likeness (QED) is 0.861. The van der Waals surface area contributed by atoms with Crippen LogP contribution < -0.4 is 10.2 Å². The summed E-state index contributed by atoms with van der Waals surface area (Å²) in [6.07, 6.45) is 0. The number of hydrogen-bond acceptors (Lipinski definition) is 2. The van der Waals surface area contributed by atoms with Crippen molar-refractivity contribution in [2.45, 2.75) is 20.8 Å². The van der Waals surface area contributed by atoms with Crippen LogP contribution in [0.5, 0.6) is 0 Å². The van der Waals surface area contributed by atoms with Crippen LogP contribution in [-0.4, -0.2) is 18.4 Å². The number of carbonyl (C=O) groups excluding carboxylic acids is 2. The molecule has 0 saturated heterocycles. The van der Waals surface area contributed by atoms with Crippen LogP contribution in [0, 0.1) is 13.8 Å². The first kappa shape index (κ1) is 18.3. The molecular formula is C18H18Cl2N2O2. The van der Waals surface area contributed by atoms with Crippen molar-refractivity contribution >= 4 is 46.4 Å². The molecule has 6 heteroatoms. The van der Waals surface area contributed by atoms with E-state index < -0.39 is 0 Å². The highest BCUT2D eigenvalue weighted by molar-refractivity contribution is 6.35. The van der Waals surface area contributed by atoms with E-state index in [0.717, 1.165) is 11.1 Å². The zero-order chi connectivity index (χ0) is 17.9. The SMILES string of the molecule is CC(=O)N(CC(=O)Nc1cc(Cl)ccc1Cl)c1ccc(C)c(C)c1. The van der Waals surface area contributed by atoms with Crippen molar-refractivity contribution in [3.8, 4) is 0 Å². The number of amides is 2. The predicted molar refractivity (Wildman–Crippen MR) is 99.0 cm³/mol. The maximum atomic E-state index is 12.3. The number of anilines is 2. The Morgan fingerprint density at radius 2 is 1.75 bits per heavy atom. The molecule has 2 aromatic rings. The highest BCUT2D eigenvalue weighted by Gasteiger charge is 2.17. The Hall–Kier alpha value is -2.04. The van der Waals surface area contributed by atoms with Crippen LogP contribution in [-0.2, 0) is 9.59 Å². The molecule has 2 amide bonds. The number of rotatable bonds is 4. The maximum Gasteiger partial charge on any atom is 0.244 e. The Bertz CT molecular complexity index is 791. The lowest BCUT2D eigenvalue weighted by atomic mass is 10.1. The summed E-state index contributed by atoms with van der Waals surface area (Å²) in [4.78, 5) is 25.7.